The number of carbonyl (C=O) groups is 2. The van der Waals surface area contributed by atoms with Crippen LogP contribution in [0.4, 0.5) is 4.79 Å². The quantitative estimate of drug-likeness (QED) is 0.609. The van der Waals surface area contributed by atoms with Gasteiger partial charge in [0.1, 0.15) is 0 Å². The van der Waals surface area contributed by atoms with Gasteiger partial charge < -0.3 is 9.84 Å². The van der Waals surface area contributed by atoms with Crippen LogP contribution in [0.5, 0.6) is 0 Å². The van der Waals surface area contributed by atoms with E-state index in [1.54, 1.807) is 17.0 Å². The molecule has 2 atom stereocenters. The molecule has 0 aromatic heterocycles. The topological polar surface area (TPSA) is 66.8 Å². The molecule has 29 heavy (non-hydrogen) atoms. The monoisotopic (exact) mass is 391 g/mol. The highest BCUT2D eigenvalue weighted by atomic mass is 16.5. The summed E-state index contributed by atoms with van der Waals surface area (Å²) in [6.45, 7) is 0.424. The van der Waals surface area contributed by atoms with Crippen molar-refractivity contribution in [2.75, 3.05) is 13.7 Å². The van der Waals surface area contributed by atoms with E-state index < -0.39 is 17.6 Å². The van der Waals surface area contributed by atoms with Crippen molar-refractivity contribution in [3.8, 4) is 12.3 Å². The smallest absolute Gasteiger partial charge is 0.408 e. The van der Waals surface area contributed by atoms with Gasteiger partial charge in [-0.3, -0.25) is 4.90 Å². The number of hydrogen-bond donors (Lipinski definition) is 1. The molecule has 150 valence electrons. The maximum atomic E-state index is 12.2. The maximum Gasteiger partial charge on any atom is 0.408 e. The van der Waals surface area contributed by atoms with E-state index in [0.29, 0.717) is 31.4 Å². The Morgan fingerprint density at radius 2 is 1.90 bits per heavy atom. The van der Waals surface area contributed by atoms with Crippen molar-refractivity contribution in [1.29, 1.82) is 0 Å². The molecule has 1 aliphatic rings. The second-order valence-corrected chi connectivity index (χ2v) is 7.46. The summed E-state index contributed by atoms with van der Waals surface area (Å²) in [7, 11) is 1.34. The Morgan fingerprint density at radius 1 is 1.21 bits per heavy atom. The van der Waals surface area contributed by atoms with Crippen molar-refractivity contribution in [3.63, 3.8) is 0 Å². The Labute approximate surface area is 171 Å². The number of ether oxygens (including phenoxy) is 1. The number of methoxy groups -OCH3 is 1. The molecule has 2 aromatic carbocycles. The third kappa shape index (κ3) is 4.27. The van der Waals surface area contributed by atoms with E-state index in [1.165, 1.54) is 7.11 Å². The lowest BCUT2D eigenvalue weighted by Crippen LogP contribution is -2.55. The fourth-order valence-corrected chi connectivity index (χ4v) is 4.35. The van der Waals surface area contributed by atoms with Crippen molar-refractivity contribution < 1.29 is 19.4 Å². The van der Waals surface area contributed by atoms with Crippen LogP contribution in [0.25, 0.3) is 0 Å². The molecule has 1 heterocycles. The average Bonchev–Trinajstić information content (AvgIpc) is 2.74. The van der Waals surface area contributed by atoms with E-state index in [9.17, 15) is 14.7 Å². The molecular weight excluding hydrogens is 366 g/mol. The van der Waals surface area contributed by atoms with E-state index in [0.717, 1.165) is 17.5 Å². The van der Waals surface area contributed by atoms with Crippen LogP contribution < -0.4 is 0 Å². The first-order valence-corrected chi connectivity index (χ1v) is 9.67. The number of carboxylic acid groups (broad SMARTS) is 1. The van der Waals surface area contributed by atoms with Crippen LogP contribution >= 0.6 is 0 Å². The summed E-state index contributed by atoms with van der Waals surface area (Å²) in [6.07, 6.45) is 7.16. The lowest BCUT2D eigenvalue weighted by molar-refractivity contribution is 0.0236. The average molecular weight is 391 g/mol. The molecule has 1 N–H and O–H groups in total. The minimum Gasteiger partial charge on any atom is -0.465 e. The zero-order valence-electron chi connectivity index (χ0n) is 16.5. The van der Waals surface area contributed by atoms with Crippen LogP contribution in [-0.2, 0) is 16.7 Å². The second-order valence-electron chi connectivity index (χ2n) is 7.46. The number of hydrogen-bond acceptors (Lipinski definition) is 3. The fraction of sp³-hybridized carbons (Fsp3) is 0.333. The van der Waals surface area contributed by atoms with Gasteiger partial charge in [0.15, 0.2) is 0 Å². The Balaban J connectivity index is 2.10. The van der Waals surface area contributed by atoms with Gasteiger partial charge in [0.05, 0.1) is 18.2 Å². The second kappa shape index (κ2) is 8.83. The molecule has 5 heteroatoms. The zero-order valence-corrected chi connectivity index (χ0v) is 16.5. The van der Waals surface area contributed by atoms with Crippen molar-refractivity contribution in [3.05, 3.63) is 71.3 Å². The molecule has 1 saturated heterocycles. The fourth-order valence-electron chi connectivity index (χ4n) is 4.35. The zero-order chi connectivity index (χ0) is 20.9. The van der Waals surface area contributed by atoms with Gasteiger partial charge in [-0.2, -0.15) is 0 Å². The van der Waals surface area contributed by atoms with Gasteiger partial charge in [0.25, 0.3) is 0 Å². The molecule has 0 bridgehead atoms. The van der Waals surface area contributed by atoms with Crippen molar-refractivity contribution in [2.24, 2.45) is 5.92 Å². The third-order valence-corrected chi connectivity index (χ3v) is 5.72. The first-order chi connectivity index (χ1) is 14.0. The highest BCUT2D eigenvalue weighted by Crippen LogP contribution is 2.44. The molecule has 1 fully saturated rings. The van der Waals surface area contributed by atoms with Crippen molar-refractivity contribution in [1.82, 2.24) is 4.90 Å². The van der Waals surface area contributed by atoms with Crippen LogP contribution in [-0.4, -0.2) is 35.7 Å². The Morgan fingerprint density at radius 3 is 2.48 bits per heavy atom. The van der Waals surface area contributed by atoms with Gasteiger partial charge in [0.2, 0.25) is 0 Å². The number of carbonyl (C=O) groups excluding carboxylic acids is 1. The molecule has 1 aliphatic heterocycles. The minimum absolute atomic E-state index is 0.236. The molecule has 0 aliphatic carbocycles. The first-order valence-electron chi connectivity index (χ1n) is 9.67. The summed E-state index contributed by atoms with van der Waals surface area (Å²) in [5.41, 5.74) is 1.60. The summed E-state index contributed by atoms with van der Waals surface area (Å²) in [5, 5.41) is 10.0. The summed E-state index contributed by atoms with van der Waals surface area (Å²) >= 11 is 0. The minimum atomic E-state index is -0.947. The predicted octanol–water partition coefficient (Wildman–Crippen LogP) is 4.32. The Bertz CT molecular complexity index is 901. The van der Waals surface area contributed by atoms with Gasteiger partial charge in [-0.15, -0.1) is 12.3 Å². The number of amides is 1. The molecule has 1 amide bonds. The number of piperidine rings is 1. The van der Waals surface area contributed by atoms with Gasteiger partial charge in [-0.05, 0) is 42.0 Å². The lowest BCUT2D eigenvalue weighted by atomic mass is 9.71. The van der Waals surface area contributed by atoms with E-state index in [-0.39, 0.29) is 5.92 Å². The molecule has 2 aromatic rings. The summed E-state index contributed by atoms with van der Waals surface area (Å²) in [4.78, 5) is 25.6. The summed E-state index contributed by atoms with van der Waals surface area (Å²) in [6, 6.07) is 16.9. The van der Waals surface area contributed by atoms with E-state index in [4.69, 9.17) is 11.2 Å². The molecule has 3 rings (SSSR count). The van der Waals surface area contributed by atoms with Crippen LogP contribution in [0.15, 0.2) is 54.6 Å². The van der Waals surface area contributed by atoms with Crippen LogP contribution in [0.2, 0.25) is 0 Å². The highest BCUT2D eigenvalue weighted by molar-refractivity contribution is 5.89. The molecule has 0 saturated carbocycles. The largest absolute Gasteiger partial charge is 0.465 e. The van der Waals surface area contributed by atoms with Gasteiger partial charge >= 0.3 is 12.1 Å². The molecule has 0 radical (unpaired) electrons. The maximum absolute atomic E-state index is 12.2. The highest BCUT2D eigenvalue weighted by Gasteiger charge is 2.46. The molecule has 1 unspecified atom stereocenters. The van der Waals surface area contributed by atoms with E-state index >= 15 is 0 Å². The first kappa shape index (κ1) is 20.5. The number of rotatable bonds is 5. The Hall–Kier alpha value is -3.26. The van der Waals surface area contributed by atoms with Crippen LogP contribution in [0, 0.1) is 18.3 Å². The van der Waals surface area contributed by atoms with Crippen LogP contribution in [0.1, 0.15) is 40.7 Å². The molecular formula is C24H25NO4. The SMILES string of the molecule is C#CCC1CCN(C(=O)O)[C@@](Cc2ccccc2)(c2ccc(C(=O)OC)cc2)C1. The molecule has 0 spiro atoms. The molecule has 5 nitrogen and oxygen atoms in total. The Kier molecular flexibility index (Phi) is 6.23. The van der Waals surface area contributed by atoms with Crippen LogP contribution in [0.3, 0.4) is 0 Å². The van der Waals surface area contributed by atoms with Gasteiger partial charge in [-0.25, -0.2) is 9.59 Å². The number of nitrogens with zero attached hydrogens (tertiary/aromatic N) is 1. The normalized spacial score (nSPS) is 21.2. The number of esters is 1. The van der Waals surface area contributed by atoms with E-state index in [1.807, 2.05) is 42.5 Å². The predicted molar refractivity (Wildman–Crippen MR) is 111 cm³/mol. The van der Waals surface area contributed by atoms with Crippen molar-refractivity contribution >= 4 is 12.1 Å². The lowest BCUT2D eigenvalue weighted by Gasteiger charge is -2.49. The van der Waals surface area contributed by atoms with E-state index in [2.05, 4.69) is 5.92 Å². The van der Waals surface area contributed by atoms with Gasteiger partial charge in [-0.1, -0.05) is 42.5 Å². The van der Waals surface area contributed by atoms with Gasteiger partial charge in [0, 0.05) is 19.4 Å². The number of terminal acetylenes is 1. The standard InChI is InChI=1S/C24H25NO4/c1-3-7-18-14-15-25(23(27)28)24(16-18,17-19-8-5-4-6-9-19)21-12-10-20(11-13-21)22(26)29-2/h1,4-6,8-13,18H,7,14-17H2,2H3,(H,27,28)/t18?,24-/m0/s1. The summed E-state index contributed by atoms with van der Waals surface area (Å²) in [5.74, 6) is 2.56. The summed E-state index contributed by atoms with van der Waals surface area (Å²) < 4.78 is 4.79. The third-order valence-electron chi connectivity index (χ3n) is 5.72. The number of likely N-dealkylation sites (tertiary alicyclic amines) is 1. The van der Waals surface area contributed by atoms with Crippen molar-refractivity contribution in [2.45, 2.75) is 31.2 Å². The number of benzene rings is 2.